The molecule has 0 saturated carbocycles. The molecule has 1 aliphatic heterocycles. The van der Waals surface area contributed by atoms with Crippen LogP contribution in [-0.2, 0) is 22.7 Å². The fourth-order valence-corrected chi connectivity index (χ4v) is 4.90. The summed E-state index contributed by atoms with van der Waals surface area (Å²) in [6.07, 6.45) is 0. The van der Waals surface area contributed by atoms with Gasteiger partial charge in [0.25, 0.3) is 5.91 Å². The lowest BCUT2D eigenvalue weighted by Crippen LogP contribution is -2.54. The Balaban J connectivity index is 1.35. The molecule has 4 rings (SSSR count). The molecule has 1 N–H and O–H groups in total. The van der Waals surface area contributed by atoms with Crippen molar-refractivity contribution in [3.8, 4) is 5.75 Å². The zero-order chi connectivity index (χ0) is 28.6. The van der Waals surface area contributed by atoms with Gasteiger partial charge in [0.2, 0.25) is 0 Å². The van der Waals surface area contributed by atoms with E-state index in [1.165, 1.54) is 9.80 Å². The van der Waals surface area contributed by atoms with Gasteiger partial charge in [-0.2, -0.15) is 0 Å². The number of halogens is 3. The first-order chi connectivity index (χ1) is 19.3. The molecule has 1 heterocycles. The van der Waals surface area contributed by atoms with Crippen LogP contribution < -0.4 is 4.74 Å². The Labute approximate surface area is 247 Å². The van der Waals surface area contributed by atoms with Gasteiger partial charge >= 0.3 is 11.8 Å². The van der Waals surface area contributed by atoms with E-state index in [4.69, 9.17) is 39.5 Å². The van der Waals surface area contributed by atoms with E-state index in [1.807, 2.05) is 24.3 Å². The zero-order valence-corrected chi connectivity index (χ0v) is 23.8. The summed E-state index contributed by atoms with van der Waals surface area (Å²) in [4.78, 5) is 43.4. The number of amides is 3. The topological polar surface area (TPSA) is 90.4 Å². The van der Waals surface area contributed by atoms with Crippen LogP contribution in [0.5, 0.6) is 5.75 Å². The highest BCUT2D eigenvalue weighted by atomic mass is 35.5. The molecule has 0 bridgehead atoms. The quantitative estimate of drug-likeness (QED) is 0.382. The predicted molar refractivity (Wildman–Crippen MR) is 154 cm³/mol. The highest BCUT2D eigenvalue weighted by Crippen LogP contribution is 2.27. The lowest BCUT2D eigenvalue weighted by molar-refractivity contribution is -0.153. The maximum absolute atomic E-state index is 13.2. The third-order valence-electron chi connectivity index (χ3n) is 6.50. The van der Waals surface area contributed by atoms with Crippen molar-refractivity contribution in [3.63, 3.8) is 0 Å². The number of piperazine rings is 1. The van der Waals surface area contributed by atoms with Gasteiger partial charge in [-0.1, -0.05) is 71.2 Å². The summed E-state index contributed by atoms with van der Waals surface area (Å²) in [7, 11) is 0. The molecule has 1 saturated heterocycles. The van der Waals surface area contributed by atoms with Crippen molar-refractivity contribution in [2.45, 2.75) is 13.2 Å². The van der Waals surface area contributed by atoms with Gasteiger partial charge in [-0.05, 0) is 35.9 Å². The molecule has 1 fully saturated rings. The van der Waals surface area contributed by atoms with Gasteiger partial charge in [0.15, 0.2) is 0 Å². The summed E-state index contributed by atoms with van der Waals surface area (Å²) in [6, 6.07) is 19.4. The molecule has 0 unspecified atom stereocenters. The van der Waals surface area contributed by atoms with E-state index in [-0.39, 0.29) is 74.0 Å². The standard InChI is InChI=1S/C29H28Cl3N3O5/c30-24-9-2-1-6-21(24)19-40-22-7-3-5-20(17-22)18-35(15-16-36)29(39)28(38)34-13-11-33(12-14-34)27(37)23-8-4-10-25(31)26(23)32/h1-10,17,36H,11-16,18-19H2. The molecule has 3 aromatic rings. The van der Waals surface area contributed by atoms with Crippen molar-refractivity contribution in [1.82, 2.24) is 14.7 Å². The molecule has 0 aliphatic carbocycles. The van der Waals surface area contributed by atoms with Gasteiger partial charge in [-0.3, -0.25) is 14.4 Å². The van der Waals surface area contributed by atoms with E-state index in [0.717, 1.165) is 11.1 Å². The molecule has 3 aromatic carbocycles. The van der Waals surface area contributed by atoms with E-state index < -0.39 is 11.8 Å². The van der Waals surface area contributed by atoms with Crippen LogP contribution in [0.15, 0.2) is 66.7 Å². The summed E-state index contributed by atoms with van der Waals surface area (Å²) < 4.78 is 5.87. The molecule has 0 atom stereocenters. The van der Waals surface area contributed by atoms with Crippen LogP contribution in [-0.4, -0.2) is 76.9 Å². The predicted octanol–water partition coefficient (Wildman–Crippen LogP) is 4.53. The second kappa shape index (κ2) is 13.9. The van der Waals surface area contributed by atoms with Crippen molar-refractivity contribution >= 4 is 52.5 Å². The summed E-state index contributed by atoms with van der Waals surface area (Å²) in [5.74, 6) is -1.12. The Morgan fingerprint density at radius 2 is 1.52 bits per heavy atom. The first kappa shape index (κ1) is 29.7. The van der Waals surface area contributed by atoms with Crippen molar-refractivity contribution < 1.29 is 24.2 Å². The number of hydrogen-bond acceptors (Lipinski definition) is 5. The Hall–Kier alpha value is -3.30. The first-order valence-electron chi connectivity index (χ1n) is 12.7. The number of aliphatic hydroxyl groups excluding tert-OH is 1. The van der Waals surface area contributed by atoms with Crippen LogP contribution in [0.3, 0.4) is 0 Å². The highest BCUT2D eigenvalue weighted by molar-refractivity contribution is 6.43. The lowest BCUT2D eigenvalue weighted by Gasteiger charge is -2.35. The largest absolute Gasteiger partial charge is 0.489 e. The van der Waals surface area contributed by atoms with E-state index >= 15 is 0 Å². The number of nitrogens with zero attached hydrogens (tertiary/aromatic N) is 3. The molecule has 8 nitrogen and oxygen atoms in total. The van der Waals surface area contributed by atoms with Gasteiger partial charge in [0, 0.05) is 49.9 Å². The van der Waals surface area contributed by atoms with Crippen molar-refractivity contribution in [2.24, 2.45) is 0 Å². The Morgan fingerprint density at radius 1 is 0.850 bits per heavy atom. The average molecular weight is 605 g/mol. The fraction of sp³-hybridized carbons (Fsp3) is 0.276. The molecule has 0 radical (unpaired) electrons. The van der Waals surface area contributed by atoms with Crippen LogP contribution in [0.4, 0.5) is 0 Å². The van der Waals surface area contributed by atoms with E-state index in [0.29, 0.717) is 10.8 Å². The lowest BCUT2D eigenvalue weighted by atomic mass is 10.1. The van der Waals surface area contributed by atoms with E-state index in [9.17, 15) is 19.5 Å². The fourth-order valence-electron chi connectivity index (χ4n) is 4.33. The van der Waals surface area contributed by atoms with E-state index in [2.05, 4.69) is 0 Å². The molecular formula is C29H28Cl3N3O5. The SMILES string of the molecule is O=C(C(=O)N(CCO)Cc1cccc(OCc2ccccc2Cl)c1)N1CCN(C(=O)c2cccc(Cl)c2Cl)CC1. The summed E-state index contributed by atoms with van der Waals surface area (Å²) >= 11 is 18.4. The van der Waals surface area contributed by atoms with Crippen LogP contribution in [0.2, 0.25) is 15.1 Å². The Morgan fingerprint density at radius 3 is 2.25 bits per heavy atom. The first-order valence-corrected chi connectivity index (χ1v) is 13.8. The van der Waals surface area contributed by atoms with Crippen molar-refractivity contribution in [1.29, 1.82) is 0 Å². The molecule has 0 aromatic heterocycles. The molecule has 1 aliphatic rings. The monoisotopic (exact) mass is 603 g/mol. The Bertz CT molecular complexity index is 1380. The second-order valence-electron chi connectivity index (χ2n) is 9.16. The molecular weight excluding hydrogens is 577 g/mol. The number of aliphatic hydroxyl groups is 1. The number of ether oxygens (including phenoxy) is 1. The number of benzene rings is 3. The van der Waals surface area contributed by atoms with Crippen LogP contribution >= 0.6 is 34.8 Å². The summed E-state index contributed by atoms with van der Waals surface area (Å²) in [5, 5.41) is 10.6. The van der Waals surface area contributed by atoms with Gasteiger partial charge in [-0.25, -0.2) is 0 Å². The van der Waals surface area contributed by atoms with Crippen LogP contribution in [0.25, 0.3) is 0 Å². The van der Waals surface area contributed by atoms with Crippen molar-refractivity contribution in [2.75, 3.05) is 39.3 Å². The van der Waals surface area contributed by atoms with Gasteiger partial charge in [0.05, 0.1) is 22.2 Å². The minimum absolute atomic E-state index is 0.0129. The van der Waals surface area contributed by atoms with E-state index in [1.54, 1.807) is 47.4 Å². The highest BCUT2D eigenvalue weighted by Gasteiger charge is 2.31. The van der Waals surface area contributed by atoms with Gasteiger partial charge in [0.1, 0.15) is 12.4 Å². The normalized spacial score (nSPS) is 13.2. The molecule has 40 heavy (non-hydrogen) atoms. The van der Waals surface area contributed by atoms with Crippen LogP contribution in [0, 0.1) is 0 Å². The minimum Gasteiger partial charge on any atom is -0.489 e. The molecule has 3 amide bonds. The summed E-state index contributed by atoms with van der Waals surface area (Å²) in [5.41, 5.74) is 1.87. The maximum atomic E-state index is 13.2. The number of carbonyl (C=O) groups excluding carboxylic acids is 3. The van der Waals surface area contributed by atoms with Crippen molar-refractivity contribution in [3.05, 3.63) is 98.5 Å². The zero-order valence-electron chi connectivity index (χ0n) is 21.6. The smallest absolute Gasteiger partial charge is 0.312 e. The average Bonchev–Trinajstić information content (AvgIpc) is 2.97. The number of rotatable bonds is 8. The Kier molecular flexibility index (Phi) is 10.3. The molecule has 0 spiro atoms. The van der Waals surface area contributed by atoms with Gasteiger partial charge < -0.3 is 24.5 Å². The second-order valence-corrected chi connectivity index (χ2v) is 10.4. The summed E-state index contributed by atoms with van der Waals surface area (Å²) in [6.45, 7) is 0.932. The molecule has 210 valence electrons. The molecule has 11 heteroatoms. The third kappa shape index (κ3) is 7.26. The minimum atomic E-state index is -0.728. The maximum Gasteiger partial charge on any atom is 0.312 e. The third-order valence-corrected chi connectivity index (χ3v) is 7.69. The van der Waals surface area contributed by atoms with Gasteiger partial charge in [-0.15, -0.1) is 0 Å². The number of hydrogen-bond donors (Lipinski definition) is 1. The number of carbonyl (C=O) groups is 3. The van der Waals surface area contributed by atoms with Crippen LogP contribution in [0.1, 0.15) is 21.5 Å².